The molecule has 1 aromatic heterocycles. The molecule has 1 aliphatic rings. The summed E-state index contributed by atoms with van der Waals surface area (Å²) < 4.78 is 10.8. The normalized spacial score (nSPS) is 13.5. The molecular formula is C16H23N3O4. The molecule has 0 aliphatic carbocycles. The zero-order valence-electron chi connectivity index (χ0n) is 14.3. The first kappa shape index (κ1) is 17.1. The summed E-state index contributed by atoms with van der Waals surface area (Å²) in [5, 5.41) is 0. The van der Waals surface area contributed by atoms with Gasteiger partial charge in [-0.15, -0.1) is 0 Å². The summed E-state index contributed by atoms with van der Waals surface area (Å²) in [5.74, 6) is 0.243. The van der Waals surface area contributed by atoms with Crippen LogP contribution < -0.4 is 4.74 Å². The van der Waals surface area contributed by atoms with Gasteiger partial charge in [-0.05, 0) is 31.9 Å². The first-order valence-corrected chi connectivity index (χ1v) is 7.44. The van der Waals surface area contributed by atoms with Crippen molar-refractivity contribution in [3.8, 4) is 5.88 Å². The molecule has 7 heteroatoms. The maximum absolute atomic E-state index is 12.1. The molecule has 2 amide bonds. The number of rotatable bonds is 3. The maximum atomic E-state index is 12.1. The summed E-state index contributed by atoms with van der Waals surface area (Å²) in [7, 11) is 3.33. The molecular weight excluding hydrogens is 298 g/mol. The molecule has 0 unspecified atom stereocenters. The minimum absolute atomic E-state index is 0.0609. The monoisotopic (exact) mass is 321 g/mol. The van der Waals surface area contributed by atoms with E-state index in [9.17, 15) is 9.59 Å². The summed E-state index contributed by atoms with van der Waals surface area (Å²) in [5.41, 5.74) is 1.39. The number of amides is 2. The molecule has 0 N–H and O–H groups in total. The number of hydrogen-bond donors (Lipinski definition) is 0. The van der Waals surface area contributed by atoms with Crippen molar-refractivity contribution in [1.82, 2.24) is 14.8 Å². The van der Waals surface area contributed by atoms with Gasteiger partial charge < -0.3 is 14.4 Å². The molecule has 0 radical (unpaired) electrons. The summed E-state index contributed by atoms with van der Waals surface area (Å²) >= 11 is 0. The number of likely N-dealkylation sites (N-methyl/N-ethyl adjacent to an activating group) is 1. The third-order valence-electron chi connectivity index (χ3n) is 3.27. The number of nitrogens with zero attached hydrogens (tertiary/aromatic N) is 3. The van der Waals surface area contributed by atoms with E-state index in [0.29, 0.717) is 19.0 Å². The van der Waals surface area contributed by atoms with Gasteiger partial charge in [0.15, 0.2) is 6.61 Å². The van der Waals surface area contributed by atoms with Crippen molar-refractivity contribution in [2.45, 2.75) is 39.5 Å². The average molecular weight is 321 g/mol. The quantitative estimate of drug-likeness (QED) is 0.849. The second kappa shape index (κ2) is 6.44. The topological polar surface area (TPSA) is 72.0 Å². The van der Waals surface area contributed by atoms with Crippen molar-refractivity contribution in [2.75, 3.05) is 20.7 Å². The molecule has 0 saturated heterocycles. The van der Waals surface area contributed by atoms with E-state index in [1.54, 1.807) is 31.3 Å². The fraction of sp³-hybridized carbons (Fsp3) is 0.562. The molecule has 0 aromatic carbocycles. The van der Waals surface area contributed by atoms with E-state index in [4.69, 9.17) is 9.47 Å². The Hall–Kier alpha value is -2.31. The van der Waals surface area contributed by atoms with Crippen LogP contribution in [0.1, 0.15) is 31.9 Å². The van der Waals surface area contributed by atoms with Gasteiger partial charge in [0, 0.05) is 32.9 Å². The third-order valence-corrected chi connectivity index (χ3v) is 3.27. The summed E-state index contributed by atoms with van der Waals surface area (Å²) in [6.45, 7) is 6.36. The Bertz CT molecular complexity index is 608. The van der Waals surface area contributed by atoms with E-state index in [1.807, 2.05) is 20.8 Å². The highest BCUT2D eigenvalue weighted by molar-refractivity contribution is 5.77. The van der Waals surface area contributed by atoms with Crippen molar-refractivity contribution in [3.63, 3.8) is 0 Å². The molecule has 1 aromatic rings. The Labute approximate surface area is 136 Å². The van der Waals surface area contributed by atoms with Crippen LogP contribution in [-0.4, -0.2) is 53.1 Å². The van der Waals surface area contributed by atoms with Gasteiger partial charge in [-0.1, -0.05) is 0 Å². The third kappa shape index (κ3) is 4.58. The number of fused-ring (bicyclic) bond motifs is 1. The molecule has 7 nitrogen and oxygen atoms in total. The molecule has 0 saturated carbocycles. The lowest BCUT2D eigenvalue weighted by Crippen LogP contribution is -2.33. The highest BCUT2D eigenvalue weighted by atomic mass is 16.6. The van der Waals surface area contributed by atoms with Crippen LogP contribution >= 0.6 is 0 Å². The van der Waals surface area contributed by atoms with Gasteiger partial charge >= 0.3 is 6.09 Å². The fourth-order valence-electron chi connectivity index (χ4n) is 2.06. The van der Waals surface area contributed by atoms with Crippen LogP contribution in [0, 0.1) is 0 Å². The molecule has 2 heterocycles. The van der Waals surface area contributed by atoms with Gasteiger partial charge in [0.25, 0.3) is 5.91 Å². The molecule has 2 rings (SSSR count). The van der Waals surface area contributed by atoms with Crippen molar-refractivity contribution in [2.24, 2.45) is 0 Å². The Morgan fingerprint density at radius 1 is 1.26 bits per heavy atom. The molecule has 0 bridgehead atoms. The van der Waals surface area contributed by atoms with Crippen molar-refractivity contribution in [3.05, 3.63) is 23.4 Å². The number of carbonyl (C=O) groups excluding carboxylic acids is 2. The van der Waals surface area contributed by atoms with Crippen LogP contribution in [0.4, 0.5) is 4.79 Å². The van der Waals surface area contributed by atoms with Crippen LogP contribution in [0.15, 0.2) is 12.3 Å². The van der Waals surface area contributed by atoms with E-state index in [2.05, 4.69) is 4.98 Å². The van der Waals surface area contributed by atoms with E-state index < -0.39 is 5.60 Å². The van der Waals surface area contributed by atoms with Gasteiger partial charge in [0.05, 0.1) is 6.54 Å². The Morgan fingerprint density at radius 2 is 1.91 bits per heavy atom. The molecule has 1 aliphatic heterocycles. The first-order chi connectivity index (χ1) is 10.7. The van der Waals surface area contributed by atoms with Crippen molar-refractivity contribution < 1.29 is 19.1 Å². The Kier molecular flexibility index (Phi) is 4.77. The average Bonchev–Trinajstić information content (AvgIpc) is 2.85. The fourth-order valence-corrected chi connectivity index (χ4v) is 2.06. The number of carbonyl (C=O) groups is 2. The van der Waals surface area contributed by atoms with E-state index >= 15 is 0 Å². The van der Waals surface area contributed by atoms with Gasteiger partial charge in [0.2, 0.25) is 5.88 Å². The van der Waals surface area contributed by atoms with Gasteiger partial charge in [0.1, 0.15) is 5.60 Å². The SMILES string of the molecule is CN(C)C(=O)COc1cc2c(cn1)CN(C(=O)OC(C)(C)C)C2. The predicted octanol–water partition coefficient (Wildman–Crippen LogP) is 1.80. The molecule has 23 heavy (non-hydrogen) atoms. The zero-order chi connectivity index (χ0) is 17.2. The lowest BCUT2D eigenvalue weighted by Gasteiger charge is -2.24. The van der Waals surface area contributed by atoms with Crippen molar-refractivity contribution in [1.29, 1.82) is 0 Å². The number of pyridine rings is 1. The second-order valence-electron chi connectivity index (χ2n) is 6.70. The molecule has 0 fully saturated rings. The Balaban J connectivity index is 1.98. The summed E-state index contributed by atoms with van der Waals surface area (Å²) in [6, 6.07) is 1.77. The minimum Gasteiger partial charge on any atom is -0.468 e. The van der Waals surface area contributed by atoms with Crippen molar-refractivity contribution >= 4 is 12.0 Å². The van der Waals surface area contributed by atoms with Gasteiger partial charge in [-0.2, -0.15) is 0 Å². The van der Waals surface area contributed by atoms with E-state index in [-0.39, 0.29) is 18.6 Å². The first-order valence-electron chi connectivity index (χ1n) is 7.44. The van der Waals surface area contributed by atoms with E-state index in [0.717, 1.165) is 11.1 Å². The van der Waals surface area contributed by atoms with Crippen LogP contribution in [0.25, 0.3) is 0 Å². The number of ether oxygens (including phenoxy) is 2. The highest BCUT2D eigenvalue weighted by Crippen LogP contribution is 2.26. The van der Waals surface area contributed by atoms with Crippen LogP contribution in [0.5, 0.6) is 5.88 Å². The van der Waals surface area contributed by atoms with E-state index in [1.165, 1.54) is 4.90 Å². The molecule has 0 spiro atoms. The molecule has 0 atom stereocenters. The van der Waals surface area contributed by atoms with Gasteiger partial charge in [-0.3, -0.25) is 9.69 Å². The predicted molar refractivity (Wildman–Crippen MR) is 83.9 cm³/mol. The largest absolute Gasteiger partial charge is 0.468 e. The van der Waals surface area contributed by atoms with Gasteiger partial charge in [-0.25, -0.2) is 9.78 Å². The standard InChI is InChI=1S/C16H23N3O4/c1-16(2,3)23-15(21)19-8-11-6-13(17-7-12(11)9-19)22-10-14(20)18(4)5/h6-7H,8-10H2,1-5H3. The maximum Gasteiger partial charge on any atom is 0.410 e. The van der Waals surface area contributed by atoms with Crippen LogP contribution in [0.3, 0.4) is 0 Å². The lowest BCUT2D eigenvalue weighted by molar-refractivity contribution is -0.130. The smallest absolute Gasteiger partial charge is 0.410 e. The molecule has 126 valence electrons. The minimum atomic E-state index is -0.523. The Morgan fingerprint density at radius 3 is 2.52 bits per heavy atom. The van der Waals surface area contributed by atoms with Crippen LogP contribution in [-0.2, 0) is 22.6 Å². The summed E-state index contributed by atoms with van der Waals surface area (Å²) in [4.78, 5) is 30.9. The number of hydrogen-bond acceptors (Lipinski definition) is 5. The van der Waals surface area contributed by atoms with Crippen LogP contribution in [0.2, 0.25) is 0 Å². The highest BCUT2D eigenvalue weighted by Gasteiger charge is 2.28. The summed E-state index contributed by atoms with van der Waals surface area (Å²) in [6.07, 6.45) is 1.33. The second-order valence-corrected chi connectivity index (χ2v) is 6.70. The zero-order valence-corrected chi connectivity index (χ0v) is 14.3. The lowest BCUT2D eigenvalue weighted by atomic mass is 10.2. The number of aromatic nitrogens is 1.